The Bertz CT molecular complexity index is 846. The molecule has 1 heterocycles. The Morgan fingerprint density at radius 2 is 1.89 bits per heavy atom. The van der Waals surface area contributed by atoms with Crippen LogP contribution in [-0.2, 0) is 30.8 Å². The summed E-state index contributed by atoms with van der Waals surface area (Å²) in [5.41, 5.74) is 0.129. The van der Waals surface area contributed by atoms with E-state index in [4.69, 9.17) is 13.9 Å². The highest BCUT2D eigenvalue weighted by Crippen LogP contribution is 2.12. The van der Waals surface area contributed by atoms with Crippen molar-refractivity contribution in [3.05, 3.63) is 54.0 Å². The molecular weight excluding hydrogens is 376 g/mol. The predicted molar refractivity (Wildman–Crippen MR) is 94.3 cm³/mol. The molecule has 1 amide bonds. The lowest BCUT2D eigenvalue weighted by Gasteiger charge is -2.08. The van der Waals surface area contributed by atoms with Gasteiger partial charge in [-0.2, -0.15) is 0 Å². The number of ether oxygens (including phenoxy) is 2. The molecule has 146 valence electrons. The Morgan fingerprint density at radius 3 is 2.52 bits per heavy atom. The van der Waals surface area contributed by atoms with Gasteiger partial charge in [0, 0.05) is 13.7 Å². The third kappa shape index (κ3) is 6.51. The molecular formula is C17H20N2O7S. The first-order chi connectivity index (χ1) is 12.9. The summed E-state index contributed by atoms with van der Waals surface area (Å²) in [7, 11) is -2.25. The number of furan rings is 1. The van der Waals surface area contributed by atoms with Crippen molar-refractivity contribution < 1.29 is 31.9 Å². The van der Waals surface area contributed by atoms with Gasteiger partial charge in [-0.1, -0.05) is 0 Å². The van der Waals surface area contributed by atoms with E-state index in [1.165, 1.54) is 37.6 Å². The minimum atomic E-state index is -3.76. The average Bonchev–Trinajstić information content (AvgIpc) is 3.18. The molecule has 0 spiro atoms. The van der Waals surface area contributed by atoms with Crippen LogP contribution < -0.4 is 10.0 Å². The van der Waals surface area contributed by atoms with E-state index in [2.05, 4.69) is 10.0 Å². The van der Waals surface area contributed by atoms with Gasteiger partial charge in [-0.15, -0.1) is 0 Å². The number of rotatable bonds is 10. The van der Waals surface area contributed by atoms with Crippen molar-refractivity contribution in [2.45, 2.75) is 11.4 Å². The van der Waals surface area contributed by atoms with Gasteiger partial charge >= 0.3 is 5.97 Å². The van der Waals surface area contributed by atoms with Gasteiger partial charge in [0.15, 0.2) is 6.61 Å². The van der Waals surface area contributed by atoms with Gasteiger partial charge in [0.2, 0.25) is 10.0 Å². The second-order valence-corrected chi connectivity index (χ2v) is 7.11. The lowest BCUT2D eigenvalue weighted by Crippen LogP contribution is -2.31. The Morgan fingerprint density at radius 1 is 1.15 bits per heavy atom. The van der Waals surface area contributed by atoms with Crippen LogP contribution in [0, 0.1) is 0 Å². The minimum Gasteiger partial charge on any atom is -0.468 e. The smallest absolute Gasteiger partial charge is 0.338 e. The Labute approximate surface area is 156 Å². The zero-order chi connectivity index (χ0) is 19.7. The van der Waals surface area contributed by atoms with Crippen molar-refractivity contribution in [2.75, 3.05) is 26.9 Å². The SMILES string of the molecule is COCCNC(=O)COC(=O)c1ccc(S(=O)(=O)NCc2ccco2)cc1. The fourth-order valence-corrected chi connectivity index (χ4v) is 2.98. The number of methoxy groups -OCH3 is 1. The molecule has 0 saturated heterocycles. The maximum Gasteiger partial charge on any atom is 0.338 e. The zero-order valence-electron chi connectivity index (χ0n) is 14.6. The van der Waals surface area contributed by atoms with Crippen LogP contribution in [0.2, 0.25) is 0 Å². The van der Waals surface area contributed by atoms with Crippen molar-refractivity contribution in [1.82, 2.24) is 10.0 Å². The van der Waals surface area contributed by atoms with Gasteiger partial charge in [-0.05, 0) is 36.4 Å². The van der Waals surface area contributed by atoms with E-state index in [0.29, 0.717) is 18.9 Å². The molecule has 0 aliphatic heterocycles. The van der Waals surface area contributed by atoms with Gasteiger partial charge in [0.25, 0.3) is 5.91 Å². The summed E-state index contributed by atoms with van der Waals surface area (Å²) in [6.45, 7) is 0.235. The molecule has 0 saturated carbocycles. The monoisotopic (exact) mass is 396 g/mol. The second kappa shape index (κ2) is 9.86. The summed E-state index contributed by atoms with van der Waals surface area (Å²) in [5, 5.41) is 2.51. The Hall–Kier alpha value is -2.69. The standard InChI is InChI=1S/C17H20N2O7S/c1-24-10-8-18-16(20)12-26-17(21)13-4-6-15(7-5-13)27(22,23)19-11-14-3-2-9-25-14/h2-7,9,19H,8,10-12H2,1H3,(H,18,20). The topological polar surface area (TPSA) is 124 Å². The molecule has 2 rings (SSSR count). The molecule has 0 aliphatic carbocycles. The first-order valence-electron chi connectivity index (χ1n) is 7.97. The van der Waals surface area contributed by atoms with E-state index < -0.39 is 28.5 Å². The number of carbonyl (C=O) groups is 2. The van der Waals surface area contributed by atoms with Gasteiger partial charge in [0.1, 0.15) is 5.76 Å². The average molecular weight is 396 g/mol. The molecule has 1 aromatic carbocycles. The highest BCUT2D eigenvalue weighted by molar-refractivity contribution is 7.89. The summed E-state index contributed by atoms with van der Waals surface area (Å²) < 4.78 is 41.5. The van der Waals surface area contributed by atoms with Crippen molar-refractivity contribution in [3.8, 4) is 0 Å². The summed E-state index contributed by atoms with van der Waals surface area (Å²) in [4.78, 5) is 23.4. The molecule has 0 aliphatic rings. The molecule has 0 bridgehead atoms. The van der Waals surface area contributed by atoms with Gasteiger partial charge < -0.3 is 19.2 Å². The van der Waals surface area contributed by atoms with E-state index in [0.717, 1.165) is 0 Å². The molecule has 1 aromatic heterocycles. The van der Waals surface area contributed by atoms with Gasteiger partial charge in [0.05, 0.1) is 29.9 Å². The fourth-order valence-electron chi connectivity index (χ4n) is 1.99. The van der Waals surface area contributed by atoms with Crippen LogP contribution in [0.15, 0.2) is 52.0 Å². The molecule has 0 radical (unpaired) electrons. The first-order valence-corrected chi connectivity index (χ1v) is 9.45. The number of carbonyl (C=O) groups excluding carboxylic acids is 2. The van der Waals surface area contributed by atoms with Crippen LogP contribution in [0.25, 0.3) is 0 Å². The Kier molecular flexibility index (Phi) is 7.53. The number of benzene rings is 1. The van der Waals surface area contributed by atoms with Crippen LogP contribution in [-0.4, -0.2) is 47.2 Å². The molecule has 2 aromatic rings. The number of hydrogen-bond acceptors (Lipinski definition) is 7. The number of hydrogen-bond donors (Lipinski definition) is 2. The van der Waals surface area contributed by atoms with E-state index in [9.17, 15) is 18.0 Å². The molecule has 0 unspecified atom stereocenters. The van der Waals surface area contributed by atoms with Crippen molar-refractivity contribution in [1.29, 1.82) is 0 Å². The predicted octanol–water partition coefficient (Wildman–Crippen LogP) is 0.678. The molecule has 9 nitrogen and oxygen atoms in total. The second-order valence-electron chi connectivity index (χ2n) is 5.35. The summed E-state index contributed by atoms with van der Waals surface area (Å²) in [6, 6.07) is 8.48. The van der Waals surface area contributed by atoms with E-state index in [-0.39, 0.29) is 17.0 Å². The lowest BCUT2D eigenvalue weighted by atomic mass is 10.2. The number of sulfonamides is 1. The van der Waals surface area contributed by atoms with Crippen LogP contribution in [0.4, 0.5) is 0 Å². The van der Waals surface area contributed by atoms with E-state index in [1.54, 1.807) is 12.1 Å². The summed E-state index contributed by atoms with van der Waals surface area (Å²) in [6.07, 6.45) is 1.45. The molecule has 27 heavy (non-hydrogen) atoms. The number of esters is 1. The van der Waals surface area contributed by atoms with Crippen LogP contribution >= 0.6 is 0 Å². The van der Waals surface area contributed by atoms with Crippen molar-refractivity contribution in [3.63, 3.8) is 0 Å². The van der Waals surface area contributed by atoms with Crippen LogP contribution in [0.5, 0.6) is 0 Å². The third-order valence-corrected chi connectivity index (χ3v) is 4.80. The minimum absolute atomic E-state index is 0.0112. The summed E-state index contributed by atoms with van der Waals surface area (Å²) >= 11 is 0. The zero-order valence-corrected chi connectivity index (χ0v) is 15.5. The highest BCUT2D eigenvalue weighted by atomic mass is 32.2. The number of amides is 1. The normalized spacial score (nSPS) is 11.1. The molecule has 0 atom stereocenters. The highest BCUT2D eigenvalue weighted by Gasteiger charge is 2.16. The van der Waals surface area contributed by atoms with Gasteiger partial charge in [-0.25, -0.2) is 17.9 Å². The quantitative estimate of drug-likeness (QED) is 0.447. The first kappa shape index (κ1) is 20.6. The molecule has 10 heteroatoms. The maximum absolute atomic E-state index is 12.2. The molecule has 0 fully saturated rings. The largest absolute Gasteiger partial charge is 0.468 e. The van der Waals surface area contributed by atoms with Crippen molar-refractivity contribution >= 4 is 21.9 Å². The fraction of sp³-hybridized carbons (Fsp3) is 0.294. The Balaban J connectivity index is 1.87. The maximum atomic E-state index is 12.2. The third-order valence-electron chi connectivity index (χ3n) is 3.38. The van der Waals surface area contributed by atoms with E-state index in [1.807, 2.05) is 0 Å². The lowest BCUT2D eigenvalue weighted by molar-refractivity contribution is -0.124. The van der Waals surface area contributed by atoms with E-state index >= 15 is 0 Å². The molecule has 2 N–H and O–H groups in total. The van der Waals surface area contributed by atoms with Crippen LogP contribution in [0.1, 0.15) is 16.1 Å². The van der Waals surface area contributed by atoms with Gasteiger partial charge in [-0.3, -0.25) is 4.79 Å². The summed E-state index contributed by atoms with van der Waals surface area (Å²) in [5.74, 6) is -0.714. The number of nitrogens with one attached hydrogen (secondary N) is 2. The van der Waals surface area contributed by atoms with Crippen LogP contribution in [0.3, 0.4) is 0 Å². The van der Waals surface area contributed by atoms with Crippen molar-refractivity contribution in [2.24, 2.45) is 0 Å².